The SMILES string of the molecule is COc1cnc(Cc2cccnc2)c(OC)c1C. The molecule has 0 aliphatic heterocycles. The van der Waals surface area contributed by atoms with Crippen molar-refractivity contribution < 1.29 is 9.47 Å². The van der Waals surface area contributed by atoms with Crippen LogP contribution in [0.15, 0.2) is 30.7 Å². The third-order valence-corrected chi connectivity index (χ3v) is 2.83. The third-order valence-electron chi connectivity index (χ3n) is 2.83. The maximum absolute atomic E-state index is 5.43. The van der Waals surface area contributed by atoms with E-state index in [0.29, 0.717) is 6.42 Å². The smallest absolute Gasteiger partial charge is 0.147 e. The molecule has 2 aromatic heterocycles. The molecule has 0 saturated heterocycles. The fourth-order valence-electron chi connectivity index (χ4n) is 1.92. The number of hydrogen-bond donors (Lipinski definition) is 0. The zero-order valence-electron chi connectivity index (χ0n) is 10.8. The van der Waals surface area contributed by atoms with Gasteiger partial charge in [0.25, 0.3) is 0 Å². The molecule has 0 radical (unpaired) electrons. The number of aromatic nitrogens is 2. The Morgan fingerprint density at radius 1 is 1.17 bits per heavy atom. The summed E-state index contributed by atoms with van der Waals surface area (Å²) >= 11 is 0. The lowest BCUT2D eigenvalue weighted by Crippen LogP contribution is -2.01. The number of methoxy groups -OCH3 is 2. The number of nitrogens with zero attached hydrogens (tertiary/aromatic N) is 2. The lowest BCUT2D eigenvalue weighted by Gasteiger charge is -2.13. The standard InChI is InChI=1S/C14H16N2O2/c1-10-13(17-2)9-16-12(14(10)18-3)7-11-5-4-6-15-8-11/h4-6,8-9H,7H2,1-3H3. The first-order valence-electron chi connectivity index (χ1n) is 5.71. The van der Waals surface area contributed by atoms with Gasteiger partial charge in [0.1, 0.15) is 11.5 Å². The highest BCUT2D eigenvalue weighted by atomic mass is 16.5. The lowest BCUT2D eigenvalue weighted by molar-refractivity contribution is 0.382. The van der Waals surface area contributed by atoms with Crippen LogP contribution in [-0.2, 0) is 6.42 Å². The van der Waals surface area contributed by atoms with Crippen molar-refractivity contribution in [1.29, 1.82) is 0 Å². The summed E-state index contributed by atoms with van der Waals surface area (Å²) in [6.07, 6.45) is 6.01. The molecule has 0 N–H and O–H groups in total. The molecular weight excluding hydrogens is 228 g/mol. The van der Waals surface area contributed by atoms with Crippen molar-refractivity contribution in [3.05, 3.63) is 47.5 Å². The fourth-order valence-corrected chi connectivity index (χ4v) is 1.92. The van der Waals surface area contributed by atoms with Crippen LogP contribution < -0.4 is 9.47 Å². The van der Waals surface area contributed by atoms with Crippen LogP contribution in [-0.4, -0.2) is 24.2 Å². The van der Waals surface area contributed by atoms with Gasteiger partial charge in [0.15, 0.2) is 0 Å². The normalized spacial score (nSPS) is 10.2. The van der Waals surface area contributed by atoms with Gasteiger partial charge < -0.3 is 9.47 Å². The maximum atomic E-state index is 5.43. The van der Waals surface area contributed by atoms with E-state index >= 15 is 0 Å². The van der Waals surface area contributed by atoms with Crippen LogP contribution in [0.2, 0.25) is 0 Å². The lowest BCUT2D eigenvalue weighted by atomic mass is 10.1. The molecule has 0 amide bonds. The van der Waals surface area contributed by atoms with Gasteiger partial charge in [0, 0.05) is 24.4 Å². The average molecular weight is 244 g/mol. The van der Waals surface area contributed by atoms with E-state index in [-0.39, 0.29) is 0 Å². The van der Waals surface area contributed by atoms with Crippen molar-refractivity contribution in [1.82, 2.24) is 9.97 Å². The Balaban J connectivity index is 2.36. The van der Waals surface area contributed by atoms with Crippen molar-refractivity contribution in [2.45, 2.75) is 13.3 Å². The molecule has 94 valence electrons. The van der Waals surface area contributed by atoms with Crippen molar-refractivity contribution in [2.24, 2.45) is 0 Å². The Kier molecular flexibility index (Phi) is 3.77. The van der Waals surface area contributed by atoms with Gasteiger partial charge >= 0.3 is 0 Å². The largest absolute Gasteiger partial charge is 0.495 e. The van der Waals surface area contributed by atoms with Gasteiger partial charge in [-0.2, -0.15) is 0 Å². The predicted molar refractivity (Wildman–Crippen MR) is 69.1 cm³/mol. The van der Waals surface area contributed by atoms with E-state index in [4.69, 9.17) is 9.47 Å². The maximum Gasteiger partial charge on any atom is 0.147 e. The summed E-state index contributed by atoms with van der Waals surface area (Å²) in [6, 6.07) is 3.94. The Morgan fingerprint density at radius 3 is 2.61 bits per heavy atom. The van der Waals surface area contributed by atoms with Crippen LogP contribution in [0.3, 0.4) is 0 Å². The van der Waals surface area contributed by atoms with E-state index in [0.717, 1.165) is 28.3 Å². The molecule has 0 aliphatic rings. The second kappa shape index (κ2) is 5.49. The zero-order valence-corrected chi connectivity index (χ0v) is 10.8. The number of hydrogen-bond acceptors (Lipinski definition) is 4. The van der Waals surface area contributed by atoms with Crippen LogP contribution in [0.1, 0.15) is 16.8 Å². The van der Waals surface area contributed by atoms with Crippen LogP contribution in [0.25, 0.3) is 0 Å². The van der Waals surface area contributed by atoms with Gasteiger partial charge in [-0.1, -0.05) is 6.07 Å². The van der Waals surface area contributed by atoms with E-state index in [9.17, 15) is 0 Å². The monoisotopic (exact) mass is 244 g/mol. The second-order valence-corrected chi connectivity index (χ2v) is 3.97. The van der Waals surface area contributed by atoms with Gasteiger partial charge in [0.05, 0.1) is 26.1 Å². The molecule has 0 unspecified atom stereocenters. The topological polar surface area (TPSA) is 44.2 Å². The third kappa shape index (κ3) is 2.42. The number of rotatable bonds is 4. The molecule has 2 heterocycles. The van der Waals surface area contributed by atoms with E-state index in [2.05, 4.69) is 9.97 Å². The van der Waals surface area contributed by atoms with Gasteiger partial charge in [-0.05, 0) is 18.6 Å². The van der Waals surface area contributed by atoms with Crippen LogP contribution in [0.4, 0.5) is 0 Å². The first-order chi connectivity index (χ1) is 8.76. The van der Waals surface area contributed by atoms with E-state index in [1.54, 1.807) is 26.6 Å². The van der Waals surface area contributed by atoms with Crippen molar-refractivity contribution in [3.8, 4) is 11.5 Å². The molecule has 0 aromatic carbocycles. The molecule has 2 rings (SSSR count). The van der Waals surface area contributed by atoms with E-state index in [1.807, 2.05) is 25.3 Å². The first kappa shape index (κ1) is 12.4. The first-order valence-corrected chi connectivity index (χ1v) is 5.71. The van der Waals surface area contributed by atoms with Gasteiger partial charge in [0.2, 0.25) is 0 Å². The molecule has 0 saturated carbocycles. The Hall–Kier alpha value is -2.10. The molecule has 4 heteroatoms. The summed E-state index contributed by atoms with van der Waals surface area (Å²) < 4.78 is 10.7. The van der Waals surface area contributed by atoms with Gasteiger partial charge in [-0.3, -0.25) is 9.97 Å². The Labute approximate surface area is 107 Å². The molecule has 2 aromatic rings. The number of ether oxygens (including phenoxy) is 2. The van der Waals surface area contributed by atoms with E-state index in [1.165, 1.54) is 0 Å². The van der Waals surface area contributed by atoms with Crippen molar-refractivity contribution in [3.63, 3.8) is 0 Å². The molecule has 4 nitrogen and oxygen atoms in total. The quantitative estimate of drug-likeness (QED) is 0.828. The molecule has 18 heavy (non-hydrogen) atoms. The Morgan fingerprint density at radius 2 is 2.00 bits per heavy atom. The highest BCUT2D eigenvalue weighted by Gasteiger charge is 2.13. The predicted octanol–water partition coefficient (Wildman–Crippen LogP) is 2.39. The summed E-state index contributed by atoms with van der Waals surface area (Å²) in [5.41, 5.74) is 2.96. The molecule has 0 spiro atoms. The minimum Gasteiger partial charge on any atom is -0.495 e. The average Bonchev–Trinajstić information content (AvgIpc) is 2.40. The van der Waals surface area contributed by atoms with Crippen molar-refractivity contribution >= 4 is 0 Å². The minimum atomic E-state index is 0.696. The van der Waals surface area contributed by atoms with E-state index < -0.39 is 0 Å². The van der Waals surface area contributed by atoms with Gasteiger partial charge in [-0.25, -0.2) is 0 Å². The Bertz CT molecular complexity index is 527. The minimum absolute atomic E-state index is 0.696. The number of pyridine rings is 2. The van der Waals surface area contributed by atoms with Crippen LogP contribution >= 0.6 is 0 Å². The summed E-state index contributed by atoms with van der Waals surface area (Å²) in [6.45, 7) is 1.96. The summed E-state index contributed by atoms with van der Waals surface area (Å²) in [5.74, 6) is 1.51. The van der Waals surface area contributed by atoms with Crippen LogP contribution in [0.5, 0.6) is 11.5 Å². The molecule has 0 fully saturated rings. The summed E-state index contributed by atoms with van der Waals surface area (Å²) in [7, 11) is 3.28. The van der Waals surface area contributed by atoms with Crippen molar-refractivity contribution in [2.75, 3.05) is 14.2 Å². The van der Waals surface area contributed by atoms with Crippen LogP contribution in [0, 0.1) is 6.92 Å². The van der Waals surface area contributed by atoms with Gasteiger partial charge in [-0.15, -0.1) is 0 Å². The highest BCUT2D eigenvalue weighted by Crippen LogP contribution is 2.30. The molecular formula is C14H16N2O2. The zero-order chi connectivity index (χ0) is 13.0. The molecule has 0 atom stereocenters. The second-order valence-electron chi connectivity index (χ2n) is 3.97. The fraction of sp³-hybridized carbons (Fsp3) is 0.286. The highest BCUT2D eigenvalue weighted by molar-refractivity contribution is 5.46. The molecule has 0 bridgehead atoms. The summed E-state index contributed by atoms with van der Waals surface area (Å²) in [5, 5.41) is 0. The molecule has 0 aliphatic carbocycles. The summed E-state index contributed by atoms with van der Waals surface area (Å²) in [4.78, 5) is 8.50.